The second-order valence-corrected chi connectivity index (χ2v) is 4.33. The van der Waals surface area contributed by atoms with Crippen molar-refractivity contribution in [2.24, 2.45) is 0 Å². The fraction of sp³-hybridized carbons (Fsp3) is 0.133. The van der Waals surface area contributed by atoms with Crippen molar-refractivity contribution in [2.45, 2.75) is 6.61 Å². The summed E-state index contributed by atoms with van der Waals surface area (Å²) in [5.41, 5.74) is 6.67. The van der Waals surface area contributed by atoms with E-state index in [1.54, 1.807) is 24.3 Å². The number of ether oxygens (including phenoxy) is 1. The highest BCUT2D eigenvalue weighted by molar-refractivity contribution is 5.94. The summed E-state index contributed by atoms with van der Waals surface area (Å²) < 4.78 is 18.4. The molecule has 0 heterocycles. The largest absolute Gasteiger partial charge is 0.483 e. The summed E-state index contributed by atoms with van der Waals surface area (Å²) in [6, 6.07) is 10.5. The van der Waals surface area contributed by atoms with Crippen LogP contribution in [-0.4, -0.2) is 17.6 Å². The molecule has 2 rings (SSSR count). The number of halogens is 1. The van der Waals surface area contributed by atoms with Crippen LogP contribution in [0.2, 0.25) is 0 Å². The Morgan fingerprint density at radius 2 is 2.05 bits per heavy atom. The molecule has 0 fully saturated rings. The van der Waals surface area contributed by atoms with Crippen molar-refractivity contribution in [1.29, 1.82) is 0 Å². The number of carbonyl (C=O) groups excluding carboxylic acids is 1. The van der Waals surface area contributed by atoms with Gasteiger partial charge < -0.3 is 20.9 Å². The molecule has 2 aromatic carbocycles. The quantitative estimate of drug-likeness (QED) is 0.734. The third-order valence-electron chi connectivity index (χ3n) is 2.79. The number of nitrogen functional groups attached to an aromatic ring is 1. The minimum Gasteiger partial charge on any atom is -0.483 e. The maximum Gasteiger partial charge on any atom is 0.262 e. The first-order valence-corrected chi connectivity index (χ1v) is 6.26. The van der Waals surface area contributed by atoms with Crippen molar-refractivity contribution in [1.82, 2.24) is 0 Å². The third kappa shape index (κ3) is 3.93. The molecule has 0 unspecified atom stereocenters. The smallest absolute Gasteiger partial charge is 0.262 e. The summed E-state index contributed by atoms with van der Waals surface area (Å²) in [6.07, 6.45) is 0. The normalized spacial score (nSPS) is 10.2. The molecule has 5 nitrogen and oxygen atoms in total. The molecule has 21 heavy (non-hydrogen) atoms. The molecule has 4 N–H and O–H groups in total. The molecule has 0 bridgehead atoms. The highest BCUT2D eigenvalue weighted by atomic mass is 19.1. The molecule has 0 saturated carbocycles. The predicted octanol–water partition coefficient (Wildman–Crippen LogP) is 1.92. The van der Waals surface area contributed by atoms with Gasteiger partial charge in [0.1, 0.15) is 11.6 Å². The molecule has 0 aliphatic rings. The first-order valence-electron chi connectivity index (χ1n) is 6.26. The number of amides is 1. The lowest BCUT2D eigenvalue weighted by atomic mass is 10.2. The van der Waals surface area contributed by atoms with Crippen molar-refractivity contribution in [3.8, 4) is 5.75 Å². The monoisotopic (exact) mass is 290 g/mol. The van der Waals surface area contributed by atoms with Gasteiger partial charge in [-0.05, 0) is 24.3 Å². The Kier molecular flexibility index (Phi) is 4.73. The molecule has 0 aliphatic heterocycles. The standard InChI is InChI=1S/C15H15FN2O3/c16-11-5-6-12(17)13(7-11)18-15(20)9-21-14-4-2-1-3-10(14)8-19/h1-7,19H,8-9,17H2,(H,18,20). The summed E-state index contributed by atoms with van der Waals surface area (Å²) >= 11 is 0. The maximum atomic E-state index is 13.1. The number of aliphatic hydroxyl groups is 1. The van der Waals surface area contributed by atoms with Gasteiger partial charge in [0.05, 0.1) is 18.0 Å². The molecule has 0 radical (unpaired) electrons. The van der Waals surface area contributed by atoms with Crippen LogP contribution in [0.25, 0.3) is 0 Å². The Morgan fingerprint density at radius 1 is 1.29 bits per heavy atom. The Bertz CT molecular complexity index is 647. The molecule has 0 aliphatic carbocycles. The van der Waals surface area contributed by atoms with Gasteiger partial charge in [-0.15, -0.1) is 0 Å². The molecule has 110 valence electrons. The third-order valence-corrected chi connectivity index (χ3v) is 2.79. The summed E-state index contributed by atoms with van der Waals surface area (Å²) in [5, 5.41) is 11.6. The summed E-state index contributed by atoms with van der Waals surface area (Å²) in [7, 11) is 0. The highest BCUT2D eigenvalue weighted by Crippen LogP contribution is 2.20. The van der Waals surface area contributed by atoms with Gasteiger partial charge in [-0.25, -0.2) is 4.39 Å². The zero-order chi connectivity index (χ0) is 15.2. The minimum atomic E-state index is -0.494. The van der Waals surface area contributed by atoms with Crippen LogP contribution in [0.5, 0.6) is 5.75 Å². The van der Waals surface area contributed by atoms with E-state index in [0.29, 0.717) is 11.3 Å². The molecule has 6 heteroatoms. The average molecular weight is 290 g/mol. The lowest BCUT2D eigenvalue weighted by molar-refractivity contribution is -0.118. The SMILES string of the molecule is Nc1ccc(F)cc1NC(=O)COc1ccccc1CO. The number of carbonyl (C=O) groups is 1. The van der Waals surface area contributed by atoms with Crippen LogP contribution in [0.1, 0.15) is 5.56 Å². The zero-order valence-electron chi connectivity index (χ0n) is 11.2. The van der Waals surface area contributed by atoms with Crippen LogP contribution < -0.4 is 15.8 Å². The molecule has 2 aromatic rings. The molecule has 1 amide bonds. The van der Waals surface area contributed by atoms with E-state index in [0.717, 1.165) is 6.07 Å². The van der Waals surface area contributed by atoms with E-state index in [1.807, 2.05) is 0 Å². The van der Waals surface area contributed by atoms with Crippen LogP contribution in [0.4, 0.5) is 15.8 Å². The van der Waals surface area contributed by atoms with Gasteiger partial charge in [-0.3, -0.25) is 4.79 Å². The highest BCUT2D eigenvalue weighted by Gasteiger charge is 2.09. The van der Waals surface area contributed by atoms with Crippen LogP contribution in [0, 0.1) is 5.82 Å². The topological polar surface area (TPSA) is 84.6 Å². The maximum absolute atomic E-state index is 13.1. The van der Waals surface area contributed by atoms with Gasteiger partial charge in [0.2, 0.25) is 0 Å². The van der Waals surface area contributed by atoms with E-state index < -0.39 is 11.7 Å². The van der Waals surface area contributed by atoms with Crippen LogP contribution in [0.15, 0.2) is 42.5 Å². The number of nitrogens with two attached hydrogens (primary N) is 1. The van der Waals surface area contributed by atoms with Crippen molar-refractivity contribution in [3.63, 3.8) is 0 Å². The number of nitrogens with one attached hydrogen (secondary N) is 1. The van der Waals surface area contributed by atoms with E-state index >= 15 is 0 Å². The van der Waals surface area contributed by atoms with Crippen molar-refractivity contribution >= 4 is 17.3 Å². The van der Waals surface area contributed by atoms with Crippen molar-refractivity contribution in [2.75, 3.05) is 17.7 Å². The van der Waals surface area contributed by atoms with Gasteiger partial charge in [0, 0.05) is 5.56 Å². The molecule has 0 aromatic heterocycles. The second-order valence-electron chi connectivity index (χ2n) is 4.33. The Morgan fingerprint density at radius 3 is 2.81 bits per heavy atom. The molecule has 0 atom stereocenters. The van der Waals surface area contributed by atoms with Crippen molar-refractivity contribution < 1.29 is 19.0 Å². The Hall–Kier alpha value is -2.60. The van der Waals surface area contributed by atoms with Crippen molar-refractivity contribution in [3.05, 3.63) is 53.8 Å². The van der Waals surface area contributed by atoms with Crippen LogP contribution >= 0.6 is 0 Å². The average Bonchev–Trinajstić information content (AvgIpc) is 2.49. The predicted molar refractivity (Wildman–Crippen MR) is 77.3 cm³/mol. The number of anilines is 2. The van der Waals surface area contributed by atoms with E-state index in [2.05, 4.69) is 5.32 Å². The lowest BCUT2D eigenvalue weighted by Gasteiger charge is -2.11. The molecule has 0 saturated heterocycles. The van der Waals surface area contributed by atoms with Crippen LogP contribution in [-0.2, 0) is 11.4 Å². The minimum absolute atomic E-state index is 0.186. The number of hydrogen-bond donors (Lipinski definition) is 3. The molecular formula is C15H15FN2O3. The van der Waals surface area contributed by atoms with E-state index in [1.165, 1.54) is 12.1 Å². The van der Waals surface area contributed by atoms with E-state index in [-0.39, 0.29) is 24.6 Å². The molecular weight excluding hydrogens is 275 g/mol. The number of aliphatic hydroxyl groups excluding tert-OH is 1. The van der Waals surface area contributed by atoms with Gasteiger partial charge in [-0.2, -0.15) is 0 Å². The van der Waals surface area contributed by atoms with Gasteiger partial charge in [0.15, 0.2) is 6.61 Å². The fourth-order valence-corrected chi connectivity index (χ4v) is 1.74. The second kappa shape index (κ2) is 6.71. The van der Waals surface area contributed by atoms with E-state index in [9.17, 15) is 9.18 Å². The van der Waals surface area contributed by atoms with E-state index in [4.69, 9.17) is 15.6 Å². The first-order chi connectivity index (χ1) is 10.1. The van der Waals surface area contributed by atoms with Gasteiger partial charge >= 0.3 is 0 Å². The molecule has 0 spiro atoms. The summed E-state index contributed by atoms with van der Waals surface area (Å²) in [4.78, 5) is 11.8. The number of para-hydroxylation sites is 1. The Labute approximate surface area is 121 Å². The lowest BCUT2D eigenvalue weighted by Crippen LogP contribution is -2.21. The zero-order valence-corrected chi connectivity index (χ0v) is 11.2. The number of benzene rings is 2. The number of hydrogen-bond acceptors (Lipinski definition) is 4. The summed E-state index contributed by atoms with van der Waals surface area (Å²) in [5.74, 6) is -0.548. The summed E-state index contributed by atoms with van der Waals surface area (Å²) in [6.45, 7) is -0.457. The van der Waals surface area contributed by atoms with Crippen LogP contribution in [0.3, 0.4) is 0 Å². The first kappa shape index (κ1) is 14.8. The fourth-order valence-electron chi connectivity index (χ4n) is 1.74. The Balaban J connectivity index is 1.97. The van der Waals surface area contributed by atoms with Gasteiger partial charge in [0.25, 0.3) is 5.91 Å². The number of rotatable bonds is 5. The van der Waals surface area contributed by atoms with Gasteiger partial charge in [-0.1, -0.05) is 18.2 Å².